The topological polar surface area (TPSA) is 95.3 Å². The lowest BCUT2D eigenvalue weighted by Crippen LogP contribution is -2.31. The zero-order valence-corrected chi connectivity index (χ0v) is 15.9. The summed E-state index contributed by atoms with van der Waals surface area (Å²) in [5.74, 6) is 0.756. The van der Waals surface area contributed by atoms with Crippen LogP contribution in [0.5, 0.6) is 11.5 Å². The maximum Gasteiger partial charge on any atom is 0.365 e. The molecule has 0 unspecified atom stereocenters. The van der Waals surface area contributed by atoms with Crippen molar-refractivity contribution in [2.24, 2.45) is 0 Å². The van der Waals surface area contributed by atoms with Crippen LogP contribution in [0.3, 0.4) is 0 Å². The Balaban J connectivity index is 1.71. The van der Waals surface area contributed by atoms with Gasteiger partial charge in [0, 0.05) is 11.3 Å². The fourth-order valence-electron chi connectivity index (χ4n) is 2.45. The summed E-state index contributed by atoms with van der Waals surface area (Å²) in [7, 11) is 3.07. The van der Waals surface area contributed by atoms with Gasteiger partial charge in [0.1, 0.15) is 18.0 Å². The van der Waals surface area contributed by atoms with E-state index in [4.69, 9.17) is 21.1 Å². The Bertz CT molecular complexity index is 1050. The minimum atomic E-state index is -0.628. The highest BCUT2D eigenvalue weighted by Crippen LogP contribution is 2.27. The molecule has 0 saturated carbocycles. The Hall–Kier alpha value is -3.39. The predicted molar refractivity (Wildman–Crippen MR) is 105 cm³/mol. The second-order valence-electron chi connectivity index (χ2n) is 5.71. The molecule has 9 heteroatoms. The summed E-state index contributed by atoms with van der Waals surface area (Å²) in [5, 5.41) is 7.04. The molecule has 0 aliphatic carbocycles. The minimum Gasteiger partial charge on any atom is -0.497 e. The summed E-state index contributed by atoms with van der Waals surface area (Å²) in [6, 6.07) is 11.9. The number of benzene rings is 2. The van der Waals surface area contributed by atoms with Gasteiger partial charge >= 0.3 is 5.69 Å². The van der Waals surface area contributed by atoms with E-state index in [2.05, 4.69) is 15.4 Å². The number of nitrogens with one attached hydrogen (secondary N) is 1. The highest BCUT2D eigenvalue weighted by atomic mass is 35.5. The zero-order valence-electron chi connectivity index (χ0n) is 15.2. The Kier molecular flexibility index (Phi) is 5.90. The molecule has 8 nitrogen and oxygen atoms in total. The van der Waals surface area contributed by atoms with E-state index in [1.54, 1.807) is 49.6 Å². The summed E-state index contributed by atoms with van der Waals surface area (Å²) >= 11 is 6.03. The molecule has 1 heterocycles. The fourth-order valence-corrected chi connectivity index (χ4v) is 2.71. The maximum atomic E-state index is 12.2. The van der Waals surface area contributed by atoms with E-state index in [0.29, 0.717) is 27.9 Å². The number of hydrogen-bond donors (Lipinski definition) is 1. The van der Waals surface area contributed by atoms with Crippen molar-refractivity contribution in [3.63, 3.8) is 0 Å². The van der Waals surface area contributed by atoms with Crippen LogP contribution in [0.2, 0.25) is 5.02 Å². The van der Waals surface area contributed by atoms with Crippen LogP contribution in [-0.4, -0.2) is 34.9 Å². The van der Waals surface area contributed by atoms with Crippen molar-refractivity contribution in [1.29, 1.82) is 0 Å². The summed E-state index contributed by atoms with van der Waals surface area (Å²) in [4.78, 5) is 28.4. The normalized spacial score (nSPS) is 10.4. The number of anilines is 1. The van der Waals surface area contributed by atoms with Gasteiger partial charge in [-0.1, -0.05) is 11.6 Å². The van der Waals surface area contributed by atoms with Gasteiger partial charge in [-0.05, 0) is 42.5 Å². The van der Waals surface area contributed by atoms with Gasteiger partial charge in [0.25, 0.3) is 0 Å². The number of carbonyl (C=O) groups excluding carboxylic acids is 1. The largest absolute Gasteiger partial charge is 0.497 e. The Morgan fingerprint density at radius 2 is 1.89 bits per heavy atom. The first-order valence-corrected chi connectivity index (χ1v) is 8.60. The van der Waals surface area contributed by atoms with E-state index in [9.17, 15) is 9.59 Å². The molecule has 144 valence electrons. The van der Waals surface area contributed by atoms with E-state index in [-0.39, 0.29) is 6.54 Å². The number of methoxy groups -OCH3 is 2. The SMILES string of the molecule is COc1ccc(-c2cnn(CC(=O)Nc3ccc(OC)c(Cl)c3)c(=O)n2)cc1. The number of ether oxygens (including phenoxy) is 2. The number of hydrogen-bond acceptors (Lipinski definition) is 6. The first-order chi connectivity index (χ1) is 13.5. The molecule has 0 atom stereocenters. The van der Waals surface area contributed by atoms with Crippen molar-refractivity contribution in [2.75, 3.05) is 19.5 Å². The molecule has 3 aromatic rings. The first kappa shape index (κ1) is 19.4. The monoisotopic (exact) mass is 400 g/mol. The zero-order chi connectivity index (χ0) is 20.1. The Morgan fingerprint density at radius 3 is 2.50 bits per heavy atom. The molecule has 1 aromatic heterocycles. The van der Waals surface area contributed by atoms with Gasteiger partial charge in [-0.2, -0.15) is 10.1 Å². The molecule has 1 N–H and O–H groups in total. The molecule has 0 saturated heterocycles. The highest BCUT2D eigenvalue weighted by Gasteiger charge is 2.10. The molecule has 0 bridgehead atoms. The van der Waals surface area contributed by atoms with Gasteiger partial charge in [0.15, 0.2) is 0 Å². The lowest BCUT2D eigenvalue weighted by molar-refractivity contribution is -0.117. The Morgan fingerprint density at radius 1 is 1.14 bits per heavy atom. The van der Waals surface area contributed by atoms with Gasteiger partial charge in [-0.25, -0.2) is 9.48 Å². The summed E-state index contributed by atoms with van der Waals surface area (Å²) in [6.07, 6.45) is 1.43. The van der Waals surface area contributed by atoms with Crippen LogP contribution in [-0.2, 0) is 11.3 Å². The molecule has 1 amide bonds. The van der Waals surface area contributed by atoms with Crippen LogP contribution >= 0.6 is 11.6 Å². The number of aromatic nitrogens is 3. The summed E-state index contributed by atoms with van der Waals surface area (Å²) < 4.78 is 11.1. The molecular weight excluding hydrogens is 384 g/mol. The van der Waals surface area contributed by atoms with E-state index < -0.39 is 11.6 Å². The maximum absolute atomic E-state index is 12.2. The van der Waals surface area contributed by atoms with Crippen LogP contribution in [0.1, 0.15) is 0 Å². The number of amides is 1. The fraction of sp³-hybridized carbons (Fsp3) is 0.158. The van der Waals surface area contributed by atoms with Crippen LogP contribution in [0.25, 0.3) is 11.3 Å². The molecule has 0 spiro atoms. The third-order valence-electron chi connectivity index (χ3n) is 3.87. The van der Waals surface area contributed by atoms with Crippen molar-refractivity contribution in [1.82, 2.24) is 14.8 Å². The smallest absolute Gasteiger partial charge is 0.365 e. The van der Waals surface area contributed by atoms with Gasteiger partial charge < -0.3 is 14.8 Å². The minimum absolute atomic E-state index is 0.279. The first-order valence-electron chi connectivity index (χ1n) is 8.22. The summed E-state index contributed by atoms with van der Waals surface area (Å²) in [6.45, 7) is -0.279. The van der Waals surface area contributed by atoms with Gasteiger partial charge in [-0.15, -0.1) is 0 Å². The lowest BCUT2D eigenvalue weighted by atomic mass is 10.1. The van der Waals surface area contributed by atoms with Crippen molar-refractivity contribution in [3.05, 3.63) is 64.2 Å². The quantitative estimate of drug-likeness (QED) is 0.683. The van der Waals surface area contributed by atoms with Crippen LogP contribution in [0.4, 0.5) is 5.69 Å². The van der Waals surface area contributed by atoms with Crippen molar-refractivity contribution >= 4 is 23.2 Å². The molecule has 0 aliphatic rings. The molecule has 3 rings (SSSR count). The van der Waals surface area contributed by atoms with Gasteiger partial charge in [-0.3, -0.25) is 4.79 Å². The molecule has 2 aromatic carbocycles. The third kappa shape index (κ3) is 4.47. The van der Waals surface area contributed by atoms with E-state index >= 15 is 0 Å². The van der Waals surface area contributed by atoms with Crippen LogP contribution in [0, 0.1) is 0 Å². The molecule has 0 aliphatic heterocycles. The number of carbonyl (C=O) groups is 1. The van der Waals surface area contributed by atoms with Crippen molar-refractivity contribution in [3.8, 4) is 22.8 Å². The van der Waals surface area contributed by atoms with Gasteiger partial charge in [0.05, 0.1) is 31.1 Å². The lowest BCUT2D eigenvalue weighted by Gasteiger charge is -2.09. The number of nitrogens with zero attached hydrogens (tertiary/aromatic N) is 3. The average Bonchev–Trinajstić information content (AvgIpc) is 2.70. The van der Waals surface area contributed by atoms with Crippen molar-refractivity contribution < 1.29 is 14.3 Å². The standard InChI is InChI=1S/C19H17ClN4O4/c1-27-14-6-3-12(4-7-14)16-10-21-24(19(26)23-16)11-18(25)22-13-5-8-17(28-2)15(20)9-13/h3-10H,11H2,1-2H3,(H,22,25). The highest BCUT2D eigenvalue weighted by molar-refractivity contribution is 6.32. The molecule has 28 heavy (non-hydrogen) atoms. The number of halogens is 1. The van der Waals surface area contributed by atoms with E-state index in [1.807, 2.05) is 0 Å². The van der Waals surface area contributed by atoms with Gasteiger partial charge in [0.2, 0.25) is 5.91 Å². The second-order valence-corrected chi connectivity index (χ2v) is 6.12. The molecule has 0 fully saturated rings. The van der Waals surface area contributed by atoms with E-state index in [1.165, 1.54) is 13.3 Å². The van der Waals surface area contributed by atoms with E-state index in [0.717, 1.165) is 10.2 Å². The van der Waals surface area contributed by atoms with Crippen LogP contribution < -0.4 is 20.5 Å². The molecular formula is C19H17ClN4O4. The summed E-state index contributed by atoms with van der Waals surface area (Å²) in [5.41, 5.74) is 0.976. The predicted octanol–water partition coefficient (Wildman–Crippen LogP) is 2.61. The third-order valence-corrected chi connectivity index (χ3v) is 4.17. The van der Waals surface area contributed by atoms with Crippen LogP contribution in [0.15, 0.2) is 53.5 Å². The number of rotatable bonds is 6. The average molecular weight is 401 g/mol. The second kappa shape index (κ2) is 8.53. The molecule has 0 radical (unpaired) electrons. The Labute approximate surface area is 165 Å². The van der Waals surface area contributed by atoms with Crippen molar-refractivity contribution in [2.45, 2.75) is 6.54 Å².